The molecule has 2 aromatic carbocycles. The number of nitrogens with zero attached hydrogens (tertiary/aromatic N) is 2. The van der Waals surface area contributed by atoms with Crippen molar-refractivity contribution < 1.29 is 4.92 Å². The van der Waals surface area contributed by atoms with Gasteiger partial charge in [-0.25, -0.2) is 0 Å². The summed E-state index contributed by atoms with van der Waals surface area (Å²) in [5, 5.41) is 10.5. The van der Waals surface area contributed by atoms with Crippen LogP contribution in [0.2, 0.25) is 0 Å². The molecular weight excluding hydrogens is 252 g/mol. The van der Waals surface area contributed by atoms with Gasteiger partial charge in [0.05, 0.1) is 10.6 Å². The summed E-state index contributed by atoms with van der Waals surface area (Å²) < 4.78 is 0. The number of nitro groups is 1. The van der Waals surface area contributed by atoms with Crippen LogP contribution in [0.4, 0.5) is 11.4 Å². The molecule has 0 amide bonds. The Morgan fingerprint density at radius 2 is 1.80 bits per heavy atom. The molecule has 2 rings (SSSR count). The molecule has 2 aromatic rings. The molecule has 100 valence electrons. The predicted octanol–water partition coefficient (Wildman–Crippen LogP) is 4.32. The van der Waals surface area contributed by atoms with Crippen LogP contribution in [0.25, 0.3) is 6.08 Å². The summed E-state index contributed by atoms with van der Waals surface area (Å²) in [5.41, 5.74) is 3.04. The van der Waals surface area contributed by atoms with Crippen LogP contribution < -0.4 is 0 Å². The minimum Gasteiger partial charge on any atom is -0.258 e. The highest BCUT2D eigenvalue weighted by Gasteiger charge is 2.01. The summed E-state index contributed by atoms with van der Waals surface area (Å²) in [6, 6.07) is 14.3. The molecule has 0 N–H and O–H groups in total. The van der Waals surface area contributed by atoms with Crippen LogP contribution in [0.5, 0.6) is 0 Å². The van der Waals surface area contributed by atoms with Crippen molar-refractivity contribution in [1.29, 1.82) is 0 Å². The SMILES string of the molecule is Cc1ccccc1N=C/C=C\c1ccc([N+](=O)[O-])cc1. The Labute approximate surface area is 117 Å². The van der Waals surface area contributed by atoms with E-state index < -0.39 is 4.92 Å². The van der Waals surface area contributed by atoms with Gasteiger partial charge in [-0.05, 0) is 42.3 Å². The summed E-state index contributed by atoms with van der Waals surface area (Å²) in [5.74, 6) is 0. The van der Waals surface area contributed by atoms with E-state index in [1.165, 1.54) is 12.1 Å². The molecule has 0 aliphatic carbocycles. The molecule has 0 radical (unpaired) electrons. The maximum Gasteiger partial charge on any atom is 0.269 e. The maximum atomic E-state index is 10.5. The Morgan fingerprint density at radius 1 is 1.10 bits per heavy atom. The van der Waals surface area contributed by atoms with E-state index in [0.29, 0.717) is 0 Å². The average molecular weight is 266 g/mol. The van der Waals surface area contributed by atoms with Gasteiger partial charge in [0.1, 0.15) is 0 Å². The topological polar surface area (TPSA) is 55.5 Å². The molecule has 0 aliphatic heterocycles. The summed E-state index contributed by atoms with van der Waals surface area (Å²) in [6.45, 7) is 2.01. The van der Waals surface area contributed by atoms with Gasteiger partial charge in [0.15, 0.2) is 0 Å². The van der Waals surface area contributed by atoms with E-state index >= 15 is 0 Å². The highest BCUT2D eigenvalue weighted by atomic mass is 16.6. The second-order valence-electron chi connectivity index (χ2n) is 4.27. The zero-order chi connectivity index (χ0) is 14.4. The number of nitro benzene ring substituents is 1. The molecule has 0 unspecified atom stereocenters. The summed E-state index contributed by atoms with van der Waals surface area (Å²) in [4.78, 5) is 14.5. The van der Waals surface area contributed by atoms with Crippen molar-refractivity contribution in [3.63, 3.8) is 0 Å². The highest BCUT2D eigenvalue weighted by molar-refractivity contribution is 5.80. The van der Waals surface area contributed by atoms with Gasteiger partial charge >= 0.3 is 0 Å². The molecule has 0 atom stereocenters. The van der Waals surface area contributed by atoms with Crippen molar-refractivity contribution in [3.8, 4) is 0 Å². The minimum atomic E-state index is -0.410. The van der Waals surface area contributed by atoms with Crippen molar-refractivity contribution in [2.24, 2.45) is 4.99 Å². The first-order valence-corrected chi connectivity index (χ1v) is 6.17. The normalized spacial score (nSPS) is 11.2. The number of benzene rings is 2. The van der Waals surface area contributed by atoms with Crippen molar-refractivity contribution in [2.45, 2.75) is 6.92 Å². The van der Waals surface area contributed by atoms with Gasteiger partial charge in [-0.1, -0.05) is 24.3 Å². The van der Waals surface area contributed by atoms with Crippen molar-refractivity contribution >= 4 is 23.7 Å². The van der Waals surface area contributed by atoms with Gasteiger partial charge in [-0.15, -0.1) is 0 Å². The molecule has 4 nitrogen and oxygen atoms in total. The lowest BCUT2D eigenvalue weighted by atomic mass is 10.2. The summed E-state index contributed by atoms with van der Waals surface area (Å²) >= 11 is 0. The van der Waals surface area contributed by atoms with E-state index in [0.717, 1.165) is 16.8 Å². The minimum absolute atomic E-state index is 0.0933. The Morgan fingerprint density at radius 3 is 2.45 bits per heavy atom. The van der Waals surface area contributed by atoms with Crippen LogP contribution in [0.15, 0.2) is 59.6 Å². The van der Waals surface area contributed by atoms with E-state index in [9.17, 15) is 10.1 Å². The third-order valence-electron chi connectivity index (χ3n) is 2.81. The zero-order valence-electron chi connectivity index (χ0n) is 11.1. The predicted molar refractivity (Wildman–Crippen MR) is 81.5 cm³/mol. The van der Waals surface area contributed by atoms with Crippen molar-refractivity contribution in [1.82, 2.24) is 0 Å². The third kappa shape index (κ3) is 3.62. The zero-order valence-corrected chi connectivity index (χ0v) is 11.1. The molecule has 0 aromatic heterocycles. The summed E-state index contributed by atoms with van der Waals surface area (Å²) in [6.07, 6.45) is 5.38. The number of aliphatic imine (C=N–C) groups is 1. The first-order chi connectivity index (χ1) is 9.66. The molecular formula is C16H14N2O2. The van der Waals surface area contributed by atoms with E-state index in [1.807, 2.05) is 43.3 Å². The standard InChI is InChI=1S/C16H14N2O2/c1-13-5-2-3-7-16(13)17-12-4-6-14-8-10-15(11-9-14)18(19)20/h2-12H,1H3/b6-4-,17-12?. The number of hydrogen-bond acceptors (Lipinski definition) is 3. The van der Waals surface area contributed by atoms with Gasteiger partial charge in [-0.2, -0.15) is 0 Å². The van der Waals surface area contributed by atoms with Crippen LogP contribution in [-0.2, 0) is 0 Å². The molecule has 0 bridgehead atoms. The van der Waals surface area contributed by atoms with E-state index in [2.05, 4.69) is 4.99 Å². The molecule has 0 aliphatic rings. The van der Waals surface area contributed by atoms with Crippen LogP contribution in [0.1, 0.15) is 11.1 Å². The molecule has 0 heterocycles. The van der Waals surface area contributed by atoms with Crippen molar-refractivity contribution in [3.05, 3.63) is 75.8 Å². The number of hydrogen-bond donors (Lipinski definition) is 0. The number of non-ortho nitro benzene ring substituents is 1. The second kappa shape index (κ2) is 6.43. The van der Waals surface area contributed by atoms with Crippen LogP contribution in [0, 0.1) is 17.0 Å². The number of aryl methyl sites for hydroxylation is 1. The Kier molecular flexibility index (Phi) is 4.39. The molecule has 0 saturated carbocycles. The lowest BCUT2D eigenvalue weighted by molar-refractivity contribution is -0.384. The van der Waals surface area contributed by atoms with E-state index in [4.69, 9.17) is 0 Å². The maximum absolute atomic E-state index is 10.5. The second-order valence-corrected chi connectivity index (χ2v) is 4.27. The molecule has 0 fully saturated rings. The monoisotopic (exact) mass is 266 g/mol. The van der Waals surface area contributed by atoms with Crippen LogP contribution in [0.3, 0.4) is 0 Å². The fraction of sp³-hybridized carbons (Fsp3) is 0.0625. The van der Waals surface area contributed by atoms with E-state index in [-0.39, 0.29) is 5.69 Å². The largest absolute Gasteiger partial charge is 0.269 e. The first kappa shape index (κ1) is 13.7. The van der Waals surface area contributed by atoms with Gasteiger partial charge < -0.3 is 0 Å². The highest BCUT2D eigenvalue weighted by Crippen LogP contribution is 2.16. The Hall–Kier alpha value is -2.75. The first-order valence-electron chi connectivity index (χ1n) is 6.17. The third-order valence-corrected chi connectivity index (χ3v) is 2.81. The summed E-state index contributed by atoms with van der Waals surface area (Å²) in [7, 11) is 0. The lowest BCUT2D eigenvalue weighted by Gasteiger charge is -1.96. The van der Waals surface area contributed by atoms with Gasteiger partial charge in [0.2, 0.25) is 0 Å². The smallest absolute Gasteiger partial charge is 0.258 e. The number of para-hydroxylation sites is 1. The number of allylic oxidation sites excluding steroid dienone is 1. The Balaban J connectivity index is 2.03. The quantitative estimate of drug-likeness (QED) is 0.470. The van der Waals surface area contributed by atoms with Gasteiger partial charge in [0, 0.05) is 18.3 Å². The Bertz CT molecular complexity index is 658. The molecule has 4 heteroatoms. The fourth-order valence-corrected chi connectivity index (χ4v) is 1.69. The fourth-order valence-electron chi connectivity index (χ4n) is 1.69. The van der Waals surface area contributed by atoms with Gasteiger partial charge in [0.25, 0.3) is 5.69 Å². The molecule has 0 spiro atoms. The van der Waals surface area contributed by atoms with Crippen molar-refractivity contribution in [2.75, 3.05) is 0 Å². The molecule has 20 heavy (non-hydrogen) atoms. The molecule has 0 saturated heterocycles. The average Bonchev–Trinajstić information content (AvgIpc) is 2.46. The number of rotatable bonds is 4. The lowest BCUT2D eigenvalue weighted by Crippen LogP contribution is -1.86. The van der Waals surface area contributed by atoms with Gasteiger partial charge in [-0.3, -0.25) is 15.1 Å². The van der Waals surface area contributed by atoms with Crippen LogP contribution in [-0.4, -0.2) is 11.1 Å². The van der Waals surface area contributed by atoms with Crippen LogP contribution >= 0.6 is 0 Å². The van der Waals surface area contributed by atoms with E-state index in [1.54, 1.807) is 18.3 Å².